The monoisotopic (exact) mass is 386 g/mol. The molecule has 6 heteroatoms. The van der Waals surface area contributed by atoms with Gasteiger partial charge >= 0.3 is 0 Å². The minimum Gasteiger partial charge on any atom is -0.372 e. The summed E-state index contributed by atoms with van der Waals surface area (Å²) < 4.78 is 1.16. The average Bonchev–Trinajstić information content (AvgIpc) is 3.12. The molecule has 0 bridgehead atoms. The van der Waals surface area contributed by atoms with E-state index >= 15 is 0 Å². The van der Waals surface area contributed by atoms with Crippen LogP contribution in [0.15, 0.2) is 11.6 Å². The van der Waals surface area contributed by atoms with Gasteiger partial charge in [0.05, 0.1) is 9.26 Å². The molecule has 2 aromatic heterocycles. The molecule has 1 saturated carbocycles. The molecular weight excluding hydrogens is 371 g/mol. The maximum Gasteiger partial charge on any atom is 0.191 e. The quantitative estimate of drug-likeness (QED) is 0.813. The van der Waals surface area contributed by atoms with Crippen molar-refractivity contribution in [2.75, 3.05) is 12.4 Å². The predicted octanol–water partition coefficient (Wildman–Crippen LogP) is 3.90. The molecule has 0 amide bonds. The van der Waals surface area contributed by atoms with Gasteiger partial charge in [0.1, 0.15) is 5.82 Å². The molecule has 0 saturated heterocycles. The third-order valence-electron chi connectivity index (χ3n) is 3.48. The first kappa shape index (κ1) is 13.2. The zero-order valence-corrected chi connectivity index (χ0v) is 13.7. The van der Waals surface area contributed by atoms with Crippen LogP contribution < -0.4 is 5.32 Å². The highest BCUT2D eigenvalue weighted by Gasteiger charge is 2.24. The fourth-order valence-corrected chi connectivity index (χ4v) is 4.05. The van der Waals surface area contributed by atoms with E-state index in [-0.39, 0.29) is 0 Å². The van der Waals surface area contributed by atoms with Crippen molar-refractivity contribution < 1.29 is 0 Å². The lowest BCUT2D eigenvalue weighted by molar-refractivity contribution is 0.691. The molecule has 1 aliphatic rings. The summed E-state index contributed by atoms with van der Waals surface area (Å²) in [6.45, 7) is 0. The van der Waals surface area contributed by atoms with Gasteiger partial charge in [0.25, 0.3) is 0 Å². The maximum atomic E-state index is 4.79. The average molecular weight is 386 g/mol. The molecule has 3 rings (SSSR count). The van der Waals surface area contributed by atoms with E-state index < -0.39 is 0 Å². The van der Waals surface area contributed by atoms with Crippen molar-refractivity contribution in [2.45, 2.75) is 31.6 Å². The van der Waals surface area contributed by atoms with E-state index in [4.69, 9.17) is 4.98 Å². The van der Waals surface area contributed by atoms with Gasteiger partial charge in [0.15, 0.2) is 10.8 Å². The SMILES string of the molecule is CNc1nc(-c2nccs2)nc(C2CCCC2)c1I. The van der Waals surface area contributed by atoms with Crippen molar-refractivity contribution in [3.8, 4) is 10.8 Å². The van der Waals surface area contributed by atoms with Gasteiger partial charge in [-0.05, 0) is 35.4 Å². The molecular formula is C13H15IN4S. The largest absolute Gasteiger partial charge is 0.372 e. The normalized spacial score (nSPS) is 15.9. The molecule has 1 fully saturated rings. The van der Waals surface area contributed by atoms with Crippen LogP contribution in [0.4, 0.5) is 5.82 Å². The summed E-state index contributed by atoms with van der Waals surface area (Å²) in [5.41, 5.74) is 1.20. The molecule has 0 unspecified atom stereocenters. The molecule has 0 atom stereocenters. The number of hydrogen-bond donors (Lipinski definition) is 1. The number of halogens is 1. The van der Waals surface area contributed by atoms with Gasteiger partial charge in [-0.25, -0.2) is 15.0 Å². The minimum absolute atomic E-state index is 0.584. The van der Waals surface area contributed by atoms with Gasteiger partial charge in [-0.15, -0.1) is 11.3 Å². The van der Waals surface area contributed by atoms with Gasteiger partial charge < -0.3 is 5.32 Å². The summed E-state index contributed by atoms with van der Waals surface area (Å²) in [7, 11) is 1.91. The highest BCUT2D eigenvalue weighted by molar-refractivity contribution is 14.1. The van der Waals surface area contributed by atoms with Crippen LogP contribution in [-0.4, -0.2) is 22.0 Å². The Morgan fingerprint density at radius 2 is 2.11 bits per heavy atom. The number of hydrogen-bond acceptors (Lipinski definition) is 5. The number of anilines is 1. The predicted molar refractivity (Wildman–Crippen MR) is 86.6 cm³/mol. The zero-order chi connectivity index (χ0) is 13.2. The van der Waals surface area contributed by atoms with Crippen LogP contribution in [0, 0.1) is 3.57 Å². The molecule has 19 heavy (non-hydrogen) atoms. The third kappa shape index (κ3) is 2.60. The number of aromatic nitrogens is 3. The summed E-state index contributed by atoms with van der Waals surface area (Å²) >= 11 is 3.95. The summed E-state index contributed by atoms with van der Waals surface area (Å²) in [6.07, 6.45) is 6.91. The van der Waals surface area contributed by atoms with Gasteiger partial charge in [0, 0.05) is 24.5 Å². The Labute approximate surface area is 130 Å². The van der Waals surface area contributed by atoms with Crippen molar-refractivity contribution >= 4 is 39.7 Å². The van der Waals surface area contributed by atoms with Crippen LogP contribution >= 0.6 is 33.9 Å². The minimum atomic E-state index is 0.584. The smallest absolute Gasteiger partial charge is 0.191 e. The molecule has 2 aromatic rings. The second-order valence-electron chi connectivity index (χ2n) is 4.66. The second-order valence-corrected chi connectivity index (χ2v) is 6.64. The van der Waals surface area contributed by atoms with Crippen molar-refractivity contribution in [2.24, 2.45) is 0 Å². The Balaban J connectivity index is 2.09. The first-order valence-electron chi connectivity index (χ1n) is 6.44. The van der Waals surface area contributed by atoms with Crippen molar-refractivity contribution in [1.29, 1.82) is 0 Å². The summed E-state index contributed by atoms with van der Waals surface area (Å²) in [4.78, 5) is 13.7. The Hall–Kier alpha value is -0.760. The Bertz CT molecular complexity index is 564. The van der Waals surface area contributed by atoms with E-state index in [9.17, 15) is 0 Å². The number of thiazole rings is 1. The molecule has 4 nitrogen and oxygen atoms in total. The molecule has 0 aliphatic heterocycles. The number of nitrogens with one attached hydrogen (secondary N) is 1. The van der Waals surface area contributed by atoms with E-state index in [0.717, 1.165) is 20.2 Å². The van der Waals surface area contributed by atoms with E-state index in [1.54, 1.807) is 17.5 Å². The molecule has 100 valence electrons. The zero-order valence-electron chi connectivity index (χ0n) is 10.7. The third-order valence-corrected chi connectivity index (χ3v) is 5.31. The first-order chi connectivity index (χ1) is 9.29. The molecule has 1 N–H and O–H groups in total. The van der Waals surface area contributed by atoms with Gasteiger partial charge in [-0.2, -0.15) is 0 Å². The van der Waals surface area contributed by atoms with E-state index in [0.29, 0.717) is 5.92 Å². The van der Waals surface area contributed by atoms with E-state index in [1.165, 1.54) is 31.4 Å². The van der Waals surface area contributed by atoms with Crippen LogP contribution in [0.25, 0.3) is 10.8 Å². The standard InChI is InChI=1S/C13H15IN4S/c1-15-11-9(14)10(8-4-2-3-5-8)17-12(18-11)13-16-6-7-19-13/h6-8H,2-5H2,1H3,(H,15,17,18). The van der Waals surface area contributed by atoms with Crippen LogP contribution in [0.5, 0.6) is 0 Å². The number of rotatable bonds is 3. The van der Waals surface area contributed by atoms with Crippen LogP contribution in [0.2, 0.25) is 0 Å². The molecule has 1 aliphatic carbocycles. The lowest BCUT2D eigenvalue weighted by Gasteiger charge is -2.14. The molecule has 0 aromatic carbocycles. The van der Waals surface area contributed by atoms with Crippen molar-refractivity contribution in [3.05, 3.63) is 20.8 Å². The van der Waals surface area contributed by atoms with E-state index in [1.807, 2.05) is 12.4 Å². The second kappa shape index (κ2) is 5.70. The Kier molecular flexibility index (Phi) is 3.97. The van der Waals surface area contributed by atoms with Gasteiger partial charge in [-0.1, -0.05) is 12.8 Å². The van der Waals surface area contributed by atoms with E-state index in [2.05, 4.69) is 37.9 Å². The highest BCUT2D eigenvalue weighted by Crippen LogP contribution is 2.37. The highest BCUT2D eigenvalue weighted by atomic mass is 127. The lowest BCUT2D eigenvalue weighted by atomic mass is 10.0. The van der Waals surface area contributed by atoms with Crippen LogP contribution in [-0.2, 0) is 0 Å². The summed E-state index contributed by atoms with van der Waals surface area (Å²) in [6, 6.07) is 0. The molecule has 2 heterocycles. The van der Waals surface area contributed by atoms with Crippen LogP contribution in [0.1, 0.15) is 37.3 Å². The lowest BCUT2D eigenvalue weighted by Crippen LogP contribution is -2.08. The summed E-state index contributed by atoms with van der Waals surface area (Å²) in [5, 5.41) is 6.04. The Morgan fingerprint density at radius 3 is 2.74 bits per heavy atom. The van der Waals surface area contributed by atoms with Gasteiger partial charge in [0.2, 0.25) is 0 Å². The van der Waals surface area contributed by atoms with Crippen LogP contribution in [0.3, 0.4) is 0 Å². The van der Waals surface area contributed by atoms with Crippen molar-refractivity contribution in [3.63, 3.8) is 0 Å². The Morgan fingerprint density at radius 1 is 1.32 bits per heavy atom. The molecule has 0 radical (unpaired) electrons. The topological polar surface area (TPSA) is 50.7 Å². The van der Waals surface area contributed by atoms with Crippen molar-refractivity contribution in [1.82, 2.24) is 15.0 Å². The fraction of sp³-hybridized carbons (Fsp3) is 0.462. The number of nitrogens with zero attached hydrogens (tertiary/aromatic N) is 3. The fourth-order valence-electron chi connectivity index (χ4n) is 2.53. The molecule has 0 spiro atoms. The summed E-state index contributed by atoms with van der Waals surface area (Å²) in [5.74, 6) is 2.25. The maximum absolute atomic E-state index is 4.79. The first-order valence-corrected chi connectivity index (χ1v) is 8.40. The van der Waals surface area contributed by atoms with Gasteiger partial charge in [-0.3, -0.25) is 0 Å².